The smallest absolute Gasteiger partial charge is 0.305 e. The third-order valence-electron chi connectivity index (χ3n) is 4.35. The highest BCUT2D eigenvalue weighted by Gasteiger charge is 2.31. The maximum Gasteiger partial charge on any atom is 0.305 e. The summed E-state index contributed by atoms with van der Waals surface area (Å²) in [6.07, 6.45) is 2.27. The summed E-state index contributed by atoms with van der Waals surface area (Å²) in [5.41, 5.74) is -0.381. The van der Waals surface area contributed by atoms with Gasteiger partial charge in [0.15, 0.2) is 5.69 Å². The Hall–Kier alpha value is -3.23. The van der Waals surface area contributed by atoms with Crippen molar-refractivity contribution in [1.82, 2.24) is 15.1 Å². The molecule has 0 saturated carbocycles. The van der Waals surface area contributed by atoms with Gasteiger partial charge < -0.3 is 10.4 Å². The van der Waals surface area contributed by atoms with Crippen molar-refractivity contribution >= 4 is 17.6 Å². The first-order valence-corrected chi connectivity index (χ1v) is 8.15. The van der Waals surface area contributed by atoms with E-state index in [0.29, 0.717) is 18.5 Å². The van der Waals surface area contributed by atoms with Gasteiger partial charge in [-0.15, -0.1) is 0 Å². The van der Waals surface area contributed by atoms with Crippen LogP contribution < -0.4 is 5.32 Å². The number of aromatic nitrogens is 2. The molecule has 0 spiro atoms. The fourth-order valence-corrected chi connectivity index (χ4v) is 2.65. The number of hydrogen-bond donors (Lipinski definition) is 2. The van der Waals surface area contributed by atoms with Crippen LogP contribution in [-0.4, -0.2) is 37.2 Å². The molecule has 9 heteroatoms. The second-order valence-corrected chi connectivity index (χ2v) is 5.93. The molecular weight excluding hydrogens is 340 g/mol. The van der Waals surface area contributed by atoms with Crippen LogP contribution >= 0.6 is 0 Å². The molecule has 0 aliphatic rings. The van der Waals surface area contributed by atoms with Gasteiger partial charge in [0, 0.05) is 18.3 Å². The second-order valence-electron chi connectivity index (χ2n) is 5.93. The summed E-state index contributed by atoms with van der Waals surface area (Å²) in [4.78, 5) is 34.0. The van der Waals surface area contributed by atoms with Crippen LogP contribution in [0.15, 0.2) is 36.5 Å². The number of amides is 1. The first-order chi connectivity index (χ1) is 12.3. The van der Waals surface area contributed by atoms with Crippen LogP contribution in [0.1, 0.15) is 43.6 Å². The Morgan fingerprint density at radius 1 is 1.31 bits per heavy atom. The van der Waals surface area contributed by atoms with E-state index in [1.807, 2.05) is 13.8 Å². The zero-order valence-electron chi connectivity index (χ0n) is 14.5. The van der Waals surface area contributed by atoms with E-state index >= 15 is 0 Å². The number of carbonyl (C=O) groups excluding carboxylic acids is 1. The number of nitro groups is 1. The van der Waals surface area contributed by atoms with Crippen LogP contribution in [0.4, 0.5) is 5.69 Å². The number of carboxylic acid groups (broad SMARTS) is 1. The average Bonchev–Trinajstić information content (AvgIpc) is 3.11. The van der Waals surface area contributed by atoms with E-state index in [0.717, 1.165) is 0 Å². The predicted octanol–water partition coefficient (Wildman–Crippen LogP) is 2.54. The van der Waals surface area contributed by atoms with Crippen LogP contribution in [0.2, 0.25) is 0 Å². The number of nitrogens with zero attached hydrogens (tertiary/aromatic N) is 3. The minimum Gasteiger partial charge on any atom is -0.481 e. The highest BCUT2D eigenvalue weighted by molar-refractivity contribution is 5.93. The van der Waals surface area contributed by atoms with Crippen molar-refractivity contribution in [2.45, 2.75) is 38.6 Å². The van der Waals surface area contributed by atoms with Crippen molar-refractivity contribution in [2.75, 3.05) is 0 Å². The maximum absolute atomic E-state index is 12.5. The van der Waals surface area contributed by atoms with Crippen LogP contribution in [-0.2, 0) is 4.79 Å². The van der Waals surface area contributed by atoms with E-state index < -0.39 is 22.3 Å². The number of hydrogen-bond acceptors (Lipinski definition) is 5. The van der Waals surface area contributed by atoms with E-state index in [1.54, 1.807) is 6.07 Å². The molecule has 0 saturated heterocycles. The SMILES string of the molecule is CCC(CC)(CC(=O)O)NC(=O)c1ccn(-c2cccc([N+](=O)[O-])c2)n1. The van der Waals surface area contributed by atoms with Crippen molar-refractivity contribution in [3.05, 3.63) is 52.3 Å². The molecule has 138 valence electrons. The summed E-state index contributed by atoms with van der Waals surface area (Å²) in [5, 5.41) is 26.9. The van der Waals surface area contributed by atoms with Gasteiger partial charge in [0.2, 0.25) is 0 Å². The molecule has 0 aliphatic carbocycles. The number of nitrogens with one attached hydrogen (secondary N) is 1. The van der Waals surface area contributed by atoms with E-state index in [9.17, 15) is 19.7 Å². The average molecular weight is 360 g/mol. The van der Waals surface area contributed by atoms with Crippen LogP contribution in [0, 0.1) is 10.1 Å². The van der Waals surface area contributed by atoms with Gasteiger partial charge >= 0.3 is 5.97 Å². The lowest BCUT2D eigenvalue weighted by molar-refractivity contribution is -0.384. The van der Waals surface area contributed by atoms with E-state index in [2.05, 4.69) is 10.4 Å². The molecule has 9 nitrogen and oxygen atoms in total. The highest BCUT2D eigenvalue weighted by atomic mass is 16.6. The summed E-state index contributed by atoms with van der Waals surface area (Å²) in [6, 6.07) is 7.35. The van der Waals surface area contributed by atoms with Gasteiger partial charge in [0.05, 0.1) is 22.6 Å². The summed E-state index contributed by atoms with van der Waals surface area (Å²) < 4.78 is 1.36. The van der Waals surface area contributed by atoms with Crippen molar-refractivity contribution in [3.8, 4) is 5.69 Å². The normalized spacial score (nSPS) is 11.2. The van der Waals surface area contributed by atoms with Gasteiger partial charge in [-0.3, -0.25) is 19.7 Å². The van der Waals surface area contributed by atoms with Gasteiger partial charge in [-0.1, -0.05) is 19.9 Å². The van der Waals surface area contributed by atoms with E-state index in [-0.39, 0.29) is 17.8 Å². The Kier molecular flexibility index (Phi) is 5.71. The third kappa shape index (κ3) is 4.24. The predicted molar refractivity (Wildman–Crippen MR) is 93.3 cm³/mol. The minimum absolute atomic E-state index is 0.0820. The van der Waals surface area contributed by atoms with Crippen LogP contribution in [0.5, 0.6) is 0 Å². The summed E-state index contributed by atoms with van der Waals surface area (Å²) in [6.45, 7) is 3.63. The molecule has 2 aromatic rings. The third-order valence-corrected chi connectivity index (χ3v) is 4.35. The molecule has 0 bridgehead atoms. The summed E-state index contributed by atoms with van der Waals surface area (Å²) in [7, 11) is 0. The topological polar surface area (TPSA) is 127 Å². The molecule has 0 unspecified atom stereocenters. The Morgan fingerprint density at radius 2 is 2.00 bits per heavy atom. The molecule has 0 atom stereocenters. The molecule has 2 N–H and O–H groups in total. The molecule has 0 fully saturated rings. The Labute approximate surface area is 149 Å². The minimum atomic E-state index is -0.990. The van der Waals surface area contributed by atoms with Crippen molar-refractivity contribution in [2.24, 2.45) is 0 Å². The quantitative estimate of drug-likeness (QED) is 0.550. The van der Waals surface area contributed by atoms with Gasteiger partial charge in [-0.05, 0) is 25.0 Å². The molecule has 1 amide bonds. The Balaban J connectivity index is 2.23. The van der Waals surface area contributed by atoms with E-state index in [1.165, 1.54) is 35.1 Å². The monoisotopic (exact) mass is 360 g/mol. The fraction of sp³-hybridized carbons (Fsp3) is 0.353. The molecule has 0 radical (unpaired) electrons. The lowest BCUT2D eigenvalue weighted by Crippen LogP contribution is -2.49. The lowest BCUT2D eigenvalue weighted by atomic mass is 9.89. The van der Waals surface area contributed by atoms with Gasteiger partial charge in [0.25, 0.3) is 11.6 Å². The molecule has 2 rings (SSSR count). The maximum atomic E-state index is 12.5. The number of carboxylic acids is 1. The summed E-state index contributed by atoms with van der Waals surface area (Å²) >= 11 is 0. The number of benzene rings is 1. The first-order valence-electron chi connectivity index (χ1n) is 8.15. The van der Waals surface area contributed by atoms with Crippen LogP contribution in [0.3, 0.4) is 0 Å². The first kappa shape index (κ1) is 19.1. The molecule has 1 heterocycles. The Bertz CT molecular complexity index is 826. The number of non-ortho nitro benzene ring substituents is 1. The zero-order chi connectivity index (χ0) is 19.3. The molecule has 1 aromatic heterocycles. The second kappa shape index (κ2) is 7.77. The van der Waals surface area contributed by atoms with Gasteiger partial charge in [0.1, 0.15) is 0 Å². The van der Waals surface area contributed by atoms with E-state index in [4.69, 9.17) is 5.11 Å². The number of nitro benzene ring substituents is 1. The Morgan fingerprint density at radius 3 is 2.58 bits per heavy atom. The molecular formula is C17H20N4O5. The van der Waals surface area contributed by atoms with Crippen molar-refractivity contribution in [3.63, 3.8) is 0 Å². The fourth-order valence-electron chi connectivity index (χ4n) is 2.65. The number of carbonyl (C=O) groups is 2. The van der Waals surface area contributed by atoms with Crippen LogP contribution in [0.25, 0.3) is 5.69 Å². The number of aliphatic carboxylic acids is 1. The standard InChI is InChI=1S/C17H20N4O5/c1-3-17(4-2,11-15(22)23)18-16(24)14-8-9-20(19-14)12-6-5-7-13(10-12)21(25)26/h5-10H,3-4,11H2,1-2H3,(H,18,24)(H,22,23). The molecule has 26 heavy (non-hydrogen) atoms. The molecule has 1 aromatic carbocycles. The van der Waals surface area contributed by atoms with Crippen molar-refractivity contribution in [1.29, 1.82) is 0 Å². The van der Waals surface area contributed by atoms with Gasteiger partial charge in [-0.2, -0.15) is 5.10 Å². The molecule has 0 aliphatic heterocycles. The highest BCUT2D eigenvalue weighted by Crippen LogP contribution is 2.21. The van der Waals surface area contributed by atoms with Crippen molar-refractivity contribution < 1.29 is 19.6 Å². The van der Waals surface area contributed by atoms with Gasteiger partial charge in [-0.25, -0.2) is 4.68 Å². The zero-order valence-corrected chi connectivity index (χ0v) is 14.5. The summed E-state index contributed by atoms with van der Waals surface area (Å²) in [5.74, 6) is -1.48. The number of rotatable bonds is 8. The largest absolute Gasteiger partial charge is 0.481 e. The lowest BCUT2D eigenvalue weighted by Gasteiger charge is -2.31.